The highest BCUT2D eigenvalue weighted by Gasteiger charge is 2.22. The molecule has 1 aliphatic rings. The molecule has 0 aromatic heterocycles. The van der Waals surface area contributed by atoms with Gasteiger partial charge in [0, 0.05) is 31.0 Å². The molecule has 6 nitrogen and oxygen atoms in total. The second-order valence-corrected chi connectivity index (χ2v) is 8.66. The lowest BCUT2D eigenvalue weighted by molar-refractivity contribution is 0.0948. The van der Waals surface area contributed by atoms with Gasteiger partial charge in [-0.2, -0.15) is 0 Å². The van der Waals surface area contributed by atoms with Crippen LogP contribution in [0, 0.1) is 11.8 Å². The predicted molar refractivity (Wildman–Crippen MR) is 125 cm³/mol. The third kappa shape index (κ3) is 5.78. The Hall–Kier alpha value is -3.02. The lowest BCUT2D eigenvalue weighted by Gasteiger charge is -2.33. The van der Waals surface area contributed by atoms with Gasteiger partial charge < -0.3 is 20.3 Å². The van der Waals surface area contributed by atoms with E-state index in [0.29, 0.717) is 40.9 Å². The SMILES string of the molecule is COc1ccccc1C(=O)Nc1ccc(N2CCC(C)CC2)c(C(=O)NCC(C)C)c1. The van der Waals surface area contributed by atoms with Crippen LogP contribution >= 0.6 is 0 Å². The molecule has 1 aliphatic heterocycles. The zero-order valence-corrected chi connectivity index (χ0v) is 18.9. The summed E-state index contributed by atoms with van der Waals surface area (Å²) in [6.45, 7) is 8.86. The van der Waals surface area contributed by atoms with Gasteiger partial charge in [0.1, 0.15) is 5.75 Å². The summed E-state index contributed by atoms with van der Waals surface area (Å²) in [4.78, 5) is 28.1. The van der Waals surface area contributed by atoms with Crippen molar-refractivity contribution in [1.29, 1.82) is 0 Å². The van der Waals surface area contributed by atoms with Gasteiger partial charge in [-0.15, -0.1) is 0 Å². The number of hydrogen-bond acceptors (Lipinski definition) is 4. The van der Waals surface area contributed by atoms with Gasteiger partial charge in [0.2, 0.25) is 0 Å². The predicted octanol–water partition coefficient (Wildman–Crippen LogP) is 4.57. The first-order chi connectivity index (χ1) is 14.9. The maximum absolute atomic E-state index is 13.0. The summed E-state index contributed by atoms with van der Waals surface area (Å²) in [7, 11) is 1.54. The second-order valence-electron chi connectivity index (χ2n) is 8.66. The van der Waals surface area contributed by atoms with Crippen molar-refractivity contribution in [3.8, 4) is 5.75 Å². The van der Waals surface area contributed by atoms with Crippen molar-refractivity contribution in [3.05, 3.63) is 53.6 Å². The van der Waals surface area contributed by atoms with Crippen LogP contribution in [0.25, 0.3) is 0 Å². The Morgan fingerprint density at radius 1 is 1.06 bits per heavy atom. The smallest absolute Gasteiger partial charge is 0.259 e. The number of benzene rings is 2. The van der Waals surface area contributed by atoms with Crippen molar-refractivity contribution in [2.45, 2.75) is 33.6 Å². The summed E-state index contributed by atoms with van der Waals surface area (Å²) in [5.74, 6) is 1.18. The molecular formula is C25H33N3O3. The molecule has 1 fully saturated rings. The van der Waals surface area contributed by atoms with E-state index in [-0.39, 0.29) is 11.8 Å². The molecule has 0 aliphatic carbocycles. The topological polar surface area (TPSA) is 70.7 Å². The first-order valence-corrected chi connectivity index (χ1v) is 11.0. The minimum absolute atomic E-state index is 0.115. The number of rotatable bonds is 7. The number of piperidine rings is 1. The summed E-state index contributed by atoms with van der Waals surface area (Å²) < 4.78 is 5.30. The molecule has 0 saturated carbocycles. The number of carbonyl (C=O) groups is 2. The van der Waals surface area contributed by atoms with Crippen LogP contribution in [0.4, 0.5) is 11.4 Å². The molecule has 1 heterocycles. The van der Waals surface area contributed by atoms with Gasteiger partial charge in [0.15, 0.2) is 0 Å². The lowest BCUT2D eigenvalue weighted by atomic mass is 9.97. The van der Waals surface area contributed by atoms with Gasteiger partial charge in [-0.3, -0.25) is 9.59 Å². The minimum Gasteiger partial charge on any atom is -0.496 e. The fraction of sp³-hybridized carbons (Fsp3) is 0.440. The summed E-state index contributed by atoms with van der Waals surface area (Å²) in [5, 5.41) is 5.93. The van der Waals surface area contributed by atoms with E-state index < -0.39 is 0 Å². The molecule has 2 aromatic rings. The van der Waals surface area contributed by atoms with Crippen molar-refractivity contribution >= 4 is 23.2 Å². The number of hydrogen-bond donors (Lipinski definition) is 2. The fourth-order valence-electron chi connectivity index (χ4n) is 3.74. The Kier molecular flexibility index (Phi) is 7.55. The number of methoxy groups -OCH3 is 1. The van der Waals surface area contributed by atoms with E-state index in [2.05, 4.69) is 36.3 Å². The van der Waals surface area contributed by atoms with Crippen molar-refractivity contribution in [3.63, 3.8) is 0 Å². The van der Waals surface area contributed by atoms with Gasteiger partial charge in [-0.05, 0) is 55.0 Å². The summed E-state index contributed by atoms with van der Waals surface area (Å²) in [6.07, 6.45) is 2.22. The average Bonchev–Trinajstić information content (AvgIpc) is 2.78. The quantitative estimate of drug-likeness (QED) is 0.684. The van der Waals surface area contributed by atoms with E-state index >= 15 is 0 Å². The van der Waals surface area contributed by atoms with E-state index in [4.69, 9.17) is 4.74 Å². The van der Waals surface area contributed by atoms with Crippen LogP contribution in [0.2, 0.25) is 0 Å². The fourth-order valence-corrected chi connectivity index (χ4v) is 3.74. The van der Waals surface area contributed by atoms with Crippen molar-refractivity contribution < 1.29 is 14.3 Å². The molecule has 0 atom stereocenters. The van der Waals surface area contributed by atoms with Crippen LogP contribution < -0.4 is 20.3 Å². The zero-order valence-electron chi connectivity index (χ0n) is 18.9. The van der Waals surface area contributed by atoms with E-state index in [9.17, 15) is 9.59 Å². The molecule has 2 amide bonds. The van der Waals surface area contributed by atoms with E-state index in [1.54, 1.807) is 24.3 Å². The molecular weight excluding hydrogens is 390 g/mol. The highest BCUT2D eigenvalue weighted by Crippen LogP contribution is 2.29. The first-order valence-electron chi connectivity index (χ1n) is 11.0. The Balaban J connectivity index is 1.87. The third-order valence-electron chi connectivity index (χ3n) is 5.65. The van der Waals surface area contributed by atoms with Crippen LogP contribution in [0.1, 0.15) is 54.3 Å². The average molecular weight is 424 g/mol. The minimum atomic E-state index is -0.273. The number of para-hydroxylation sites is 1. The first kappa shape index (κ1) is 22.7. The Bertz CT molecular complexity index is 918. The molecule has 0 bridgehead atoms. The number of anilines is 2. The van der Waals surface area contributed by atoms with E-state index in [1.807, 2.05) is 18.2 Å². The molecule has 2 N–H and O–H groups in total. The Labute approximate surface area is 185 Å². The highest BCUT2D eigenvalue weighted by molar-refractivity contribution is 6.07. The zero-order chi connectivity index (χ0) is 22.4. The maximum Gasteiger partial charge on any atom is 0.259 e. The van der Waals surface area contributed by atoms with Gasteiger partial charge in [-0.1, -0.05) is 32.9 Å². The van der Waals surface area contributed by atoms with Crippen LogP contribution in [0.15, 0.2) is 42.5 Å². The second kappa shape index (κ2) is 10.3. The largest absolute Gasteiger partial charge is 0.496 e. The molecule has 0 unspecified atom stereocenters. The number of ether oxygens (including phenoxy) is 1. The molecule has 3 rings (SSSR count). The molecule has 6 heteroatoms. The van der Waals surface area contributed by atoms with Crippen LogP contribution in [0.5, 0.6) is 5.75 Å². The summed E-state index contributed by atoms with van der Waals surface area (Å²) >= 11 is 0. The highest BCUT2D eigenvalue weighted by atomic mass is 16.5. The third-order valence-corrected chi connectivity index (χ3v) is 5.65. The van der Waals surface area contributed by atoms with Crippen LogP contribution in [-0.4, -0.2) is 38.6 Å². The number of nitrogens with one attached hydrogen (secondary N) is 2. The molecule has 31 heavy (non-hydrogen) atoms. The van der Waals surface area contributed by atoms with E-state index in [1.165, 1.54) is 7.11 Å². The molecule has 166 valence electrons. The maximum atomic E-state index is 13.0. The molecule has 0 spiro atoms. The van der Waals surface area contributed by atoms with Crippen molar-refractivity contribution in [2.75, 3.05) is 37.0 Å². The summed E-state index contributed by atoms with van der Waals surface area (Å²) in [5.41, 5.74) is 2.54. The van der Waals surface area contributed by atoms with Gasteiger partial charge in [-0.25, -0.2) is 0 Å². The standard InChI is InChI=1S/C25H33N3O3/c1-17(2)16-26-24(29)21-15-19(9-10-22(21)28-13-11-18(3)12-14-28)27-25(30)20-7-5-6-8-23(20)31-4/h5-10,15,17-18H,11-14,16H2,1-4H3,(H,26,29)(H,27,30). The Morgan fingerprint density at radius 2 is 1.77 bits per heavy atom. The van der Waals surface area contributed by atoms with Crippen molar-refractivity contribution in [1.82, 2.24) is 5.32 Å². The molecule has 0 radical (unpaired) electrons. The number of amides is 2. The van der Waals surface area contributed by atoms with Crippen molar-refractivity contribution in [2.24, 2.45) is 11.8 Å². The Morgan fingerprint density at radius 3 is 2.45 bits per heavy atom. The van der Waals surface area contributed by atoms with Gasteiger partial charge >= 0.3 is 0 Å². The van der Waals surface area contributed by atoms with Gasteiger partial charge in [0.05, 0.1) is 18.2 Å². The van der Waals surface area contributed by atoms with Crippen LogP contribution in [-0.2, 0) is 0 Å². The monoisotopic (exact) mass is 423 g/mol. The molecule has 1 saturated heterocycles. The van der Waals surface area contributed by atoms with Gasteiger partial charge in [0.25, 0.3) is 11.8 Å². The normalized spacial score (nSPS) is 14.4. The number of carbonyl (C=O) groups excluding carboxylic acids is 2. The van der Waals surface area contributed by atoms with E-state index in [0.717, 1.165) is 31.6 Å². The molecule has 2 aromatic carbocycles. The van der Waals surface area contributed by atoms with Crippen LogP contribution in [0.3, 0.4) is 0 Å². The number of nitrogens with zero attached hydrogens (tertiary/aromatic N) is 1. The summed E-state index contributed by atoms with van der Waals surface area (Å²) in [6, 6.07) is 12.7. The lowest BCUT2D eigenvalue weighted by Crippen LogP contribution is -2.35.